The molecule has 0 N–H and O–H groups in total. The van der Waals surface area contributed by atoms with Crippen molar-refractivity contribution in [2.75, 3.05) is 12.3 Å². The molecule has 16 heavy (non-hydrogen) atoms. The van der Waals surface area contributed by atoms with E-state index in [1.54, 1.807) is 0 Å². The van der Waals surface area contributed by atoms with Crippen molar-refractivity contribution in [3.63, 3.8) is 0 Å². The number of azide groups is 1. The van der Waals surface area contributed by atoms with Crippen molar-refractivity contribution in [1.29, 1.82) is 0 Å². The Labute approximate surface area is 96.4 Å². The van der Waals surface area contributed by atoms with Gasteiger partial charge in [0.2, 0.25) is 0 Å². The second-order valence-corrected chi connectivity index (χ2v) is 5.37. The lowest BCUT2D eigenvalue weighted by atomic mass is 10.3. The molecule has 0 aromatic heterocycles. The number of hydrogen-bond acceptors (Lipinski definition) is 3. The van der Waals surface area contributed by atoms with E-state index in [-0.39, 0.29) is 22.2 Å². The molecule has 1 aromatic rings. The summed E-state index contributed by atoms with van der Waals surface area (Å²) in [4.78, 5) is 2.35. The molecule has 0 radical (unpaired) electrons. The summed E-state index contributed by atoms with van der Waals surface area (Å²) in [6, 6.07) is 3.12. The van der Waals surface area contributed by atoms with E-state index in [0.717, 1.165) is 18.2 Å². The van der Waals surface area contributed by atoms with Crippen LogP contribution in [0.4, 0.5) is 4.39 Å². The van der Waals surface area contributed by atoms with Crippen LogP contribution in [0.2, 0.25) is 5.02 Å². The van der Waals surface area contributed by atoms with Crippen LogP contribution in [0.25, 0.3) is 10.4 Å². The number of sulfone groups is 1. The Bertz CT molecular complexity index is 540. The summed E-state index contributed by atoms with van der Waals surface area (Å²) in [5.74, 6) is -1.02. The number of hydrogen-bond donors (Lipinski definition) is 0. The third kappa shape index (κ3) is 3.10. The van der Waals surface area contributed by atoms with Crippen molar-refractivity contribution < 1.29 is 12.8 Å². The predicted octanol–water partition coefficient (Wildman–Crippen LogP) is 2.56. The average molecular weight is 264 g/mol. The maximum Gasteiger partial charge on any atom is 0.178 e. The number of nitrogens with zero attached hydrogens (tertiary/aromatic N) is 3. The van der Waals surface area contributed by atoms with Crippen molar-refractivity contribution in [1.82, 2.24) is 0 Å². The average Bonchev–Trinajstić information content (AvgIpc) is 2.22. The highest BCUT2D eigenvalue weighted by Gasteiger charge is 2.15. The van der Waals surface area contributed by atoms with Crippen molar-refractivity contribution in [3.8, 4) is 0 Å². The molecule has 0 aliphatic heterocycles. The van der Waals surface area contributed by atoms with Crippen LogP contribution in [0.3, 0.4) is 0 Å². The van der Waals surface area contributed by atoms with E-state index >= 15 is 0 Å². The molecule has 0 bridgehead atoms. The van der Waals surface area contributed by atoms with Gasteiger partial charge in [-0.05, 0) is 23.7 Å². The van der Waals surface area contributed by atoms with Gasteiger partial charge in [0.15, 0.2) is 9.84 Å². The fraction of sp³-hybridized carbons (Fsp3) is 0.250. The summed E-state index contributed by atoms with van der Waals surface area (Å²) >= 11 is 5.46. The molecule has 1 rings (SSSR count). The Hall–Kier alpha value is -1.30. The monoisotopic (exact) mass is 263 g/mol. The van der Waals surface area contributed by atoms with E-state index in [4.69, 9.17) is 17.1 Å². The first kappa shape index (κ1) is 12.8. The van der Waals surface area contributed by atoms with Crippen LogP contribution in [0.15, 0.2) is 28.2 Å². The predicted molar refractivity (Wildman–Crippen MR) is 57.5 cm³/mol. The van der Waals surface area contributed by atoms with Crippen LogP contribution >= 0.6 is 11.6 Å². The zero-order valence-corrected chi connectivity index (χ0v) is 9.54. The molecule has 0 unspecified atom stereocenters. The van der Waals surface area contributed by atoms with E-state index in [1.807, 2.05) is 0 Å². The highest BCUT2D eigenvalue weighted by atomic mass is 35.5. The minimum absolute atomic E-state index is 0.0907. The van der Waals surface area contributed by atoms with Crippen LogP contribution in [-0.4, -0.2) is 20.7 Å². The second-order valence-electron chi connectivity index (χ2n) is 2.85. The molecule has 0 saturated carbocycles. The lowest BCUT2D eigenvalue weighted by Gasteiger charge is -2.03. The van der Waals surface area contributed by atoms with Gasteiger partial charge in [0, 0.05) is 11.5 Å². The number of halogens is 2. The molecular formula is C8H7ClFN3O2S. The van der Waals surface area contributed by atoms with Crippen molar-refractivity contribution in [2.24, 2.45) is 5.11 Å². The molecule has 86 valence electrons. The van der Waals surface area contributed by atoms with Gasteiger partial charge in [0.1, 0.15) is 5.82 Å². The van der Waals surface area contributed by atoms with Crippen molar-refractivity contribution in [2.45, 2.75) is 4.90 Å². The minimum atomic E-state index is -3.59. The first-order valence-electron chi connectivity index (χ1n) is 4.16. The molecular weight excluding hydrogens is 257 g/mol. The first-order valence-corrected chi connectivity index (χ1v) is 6.19. The molecule has 0 amide bonds. The SMILES string of the molecule is [N-]=[N+]=NCCS(=O)(=O)c1ccc(F)c(Cl)c1. The van der Waals surface area contributed by atoms with Gasteiger partial charge in [0.05, 0.1) is 15.7 Å². The van der Waals surface area contributed by atoms with E-state index < -0.39 is 15.7 Å². The second kappa shape index (κ2) is 5.16. The molecule has 0 aliphatic rings. The van der Waals surface area contributed by atoms with E-state index in [1.165, 1.54) is 0 Å². The van der Waals surface area contributed by atoms with Crippen molar-refractivity contribution >= 4 is 21.4 Å². The van der Waals surface area contributed by atoms with Crippen molar-refractivity contribution in [3.05, 3.63) is 39.5 Å². The standard InChI is InChI=1S/C8H7ClFN3O2S/c9-7-5-6(1-2-8(7)10)16(14,15)4-3-12-13-11/h1-2,5H,3-4H2. The lowest BCUT2D eigenvalue weighted by molar-refractivity contribution is 0.594. The van der Waals surface area contributed by atoms with E-state index in [9.17, 15) is 12.8 Å². The van der Waals surface area contributed by atoms with E-state index in [0.29, 0.717) is 0 Å². The minimum Gasteiger partial charge on any atom is -0.224 e. The molecule has 1 aromatic carbocycles. The van der Waals surface area contributed by atoms with Crippen LogP contribution in [0, 0.1) is 5.82 Å². The highest BCUT2D eigenvalue weighted by Crippen LogP contribution is 2.20. The summed E-state index contributed by atoms with van der Waals surface area (Å²) in [5, 5.41) is 2.86. The van der Waals surface area contributed by atoms with Gasteiger partial charge in [-0.1, -0.05) is 16.7 Å². The number of benzene rings is 1. The molecule has 0 spiro atoms. The third-order valence-corrected chi connectivity index (χ3v) is 3.76. The lowest BCUT2D eigenvalue weighted by Crippen LogP contribution is -2.09. The normalized spacial score (nSPS) is 10.9. The number of rotatable bonds is 4. The molecule has 0 aliphatic carbocycles. The molecule has 0 saturated heterocycles. The summed E-state index contributed by atoms with van der Waals surface area (Å²) in [6.07, 6.45) is 0. The van der Waals surface area contributed by atoms with Gasteiger partial charge in [-0.25, -0.2) is 12.8 Å². The van der Waals surface area contributed by atoms with Gasteiger partial charge < -0.3 is 0 Å². The summed E-state index contributed by atoms with van der Waals surface area (Å²) in [7, 11) is -3.59. The third-order valence-electron chi connectivity index (χ3n) is 1.77. The largest absolute Gasteiger partial charge is 0.224 e. The Morgan fingerprint density at radius 2 is 2.19 bits per heavy atom. The van der Waals surface area contributed by atoms with Gasteiger partial charge in [-0.15, -0.1) is 0 Å². The van der Waals surface area contributed by atoms with Crippen LogP contribution in [0.1, 0.15) is 0 Å². The van der Waals surface area contributed by atoms with Crippen LogP contribution < -0.4 is 0 Å². The smallest absolute Gasteiger partial charge is 0.178 e. The Morgan fingerprint density at radius 3 is 2.75 bits per heavy atom. The van der Waals surface area contributed by atoms with Gasteiger partial charge in [-0.3, -0.25) is 0 Å². The fourth-order valence-electron chi connectivity index (χ4n) is 0.994. The van der Waals surface area contributed by atoms with E-state index in [2.05, 4.69) is 10.0 Å². The molecule has 8 heteroatoms. The highest BCUT2D eigenvalue weighted by molar-refractivity contribution is 7.91. The fourth-order valence-corrected chi connectivity index (χ4v) is 2.37. The van der Waals surface area contributed by atoms with Gasteiger partial charge in [0.25, 0.3) is 0 Å². The summed E-state index contributed by atoms with van der Waals surface area (Å²) < 4.78 is 36.0. The molecule has 0 heterocycles. The maximum absolute atomic E-state index is 12.8. The van der Waals surface area contributed by atoms with Crippen LogP contribution in [-0.2, 0) is 9.84 Å². The zero-order chi connectivity index (χ0) is 12.2. The molecule has 0 atom stereocenters. The van der Waals surface area contributed by atoms with Gasteiger partial charge >= 0.3 is 0 Å². The molecule has 0 fully saturated rings. The quantitative estimate of drug-likeness (QED) is 0.362. The maximum atomic E-state index is 12.8. The van der Waals surface area contributed by atoms with Gasteiger partial charge in [-0.2, -0.15) is 0 Å². The first-order chi connectivity index (χ1) is 7.47. The Kier molecular flexibility index (Phi) is 4.12. The topological polar surface area (TPSA) is 82.9 Å². The summed E-state index contributed by atoms with van der Waals surface area (Å²) in [5.41, 5.74) is 8.01. The van der Waals surface area contributed by atoms with Crippen LogP contribution in [0.5, 0.6) is 0 Å². The zero-order valence-electron chi connectivity index (χ0n) is 7.97. The molecule has 5 nitrogen and oxygen atoms in total. The summed E-state index contributed by atoms with van der Waals surface area (Å²) in [6.45, 7) is -0.173. The Morgan fingerprint density at radius 1 is 1.50 bits per heavy atom. The Balaban J connectivity index is 2.98.